The Balaban J connectivity index is 2.18. The summed E-state index contributed by atoms with van der Waals surface area (Å²) in [4.78, 5) is 4.36. The minimum atomic E-state index is 0.473. The van der Waals surface area contributed by atoms with E-state index in [-0.39, 0.29) is 0 Å². The first kappa shape index (κ1) is 21.2. The van der Waals surface area contributed by atoms with E-state index < -0.39 is 0 Å². The predicted octanol–water partition coefficient (Wildman–Crippen LogP) is 3.20. The molecular weight excluding hydrogens is 302 g/mol. The average molecular weight is 342 g/mol. The molecule has 2 N–H and O–H groups in total. The van der Waals surface area contributed by atoms with Crippen molar-refractivity contribution in [3.8, 4) is 0 Å². The quantitative estimate of drug-likeness (QED) is 0.325. The summed E-state index contributed by atoms with van der Waals surface area (Å²) in [6.07, 6.45) is 8.93. The Morgan fingerprint density at radius 3 is 2.46 bits per heavy atom. The lowest BCUT2D eigenvalue weighted by molar-refractivity contribution is 0.0689. The molecule has 0 aromatic carbocycles. The fourth-order valence-corrected chi connectivity index (χ4v) is 3.72. The highest BCUT2D eigenvalue weighted by Crippen LogP contribution is 2.42. The summed E-state index contributed by atoms with van der Waals surface area (Å²) in [6.45, 7) is 8.81. The molecule has 0 bridgehead atoms. The van der Waals surface area contributed by atoms with Crippen molar-refractivity contribution in [3.63, 3.8) is 0 Å². The summed E-state index contributed by atoms with van der Waals surface area (Å²) in [7, 11) is 3.55. The normalized spacial score (nSPS) is 17.5. The van der Waals surface area contributed by atoms with E-state index in [1.807, 2.05) is 7.05 Å². The number of methoxy groups -OCH3 is 1. The highest BCUT2D eigenvalue weighted by molar-refractivity contribution is 5.79. The van der Waals surface area contributed by atoms with Crippen LogP contribution in [0.4, 0.5) is 0 Å². The molecular formula is C19H39N3O2. The van der Waals surface area contributed by atoms with E-state index in [9.17, 15) is 0 Å². The van der Waals surface area contributed by atoms with E-state index in [1.165, 1.54) is 32.1 Å². The third-order valence-electron chi connectivity index (χ3n) is 4.80. The van der Waals surface area contributed by atoms with Crippen LogP contribution in [0.15, 0.2) is 4.99 Å². The summed E-state index contributed by atoms with van der Waals surface area (Å²) < 4.78 is 10.4. The van der Waals surface area contributed by atoms with E-state index in [2.05, 4.69) is 29.5 Å². The number of aliphatic imine (C=N–C) groups is 1. The molecule has 1 aliphatic rings. The Kier molecular flexibility index (Phi) is 11.1. The van der Waals surface area contributed by atoms with E-state index >= 15 is 0 Å². The van der Waals surface area contributed by atoms with Gasteiger partial charge in [0.2, 0.25) is 0 Å². The van der Waals surface area contributed by atoms with Gasteiger partial charge in [0, 0.05) is 33.9 Å². The van der Waals surface area contributed by atoms with Gasteiger partial charge in [-0.1, -0.05) is 26.7 Å². The molecule has 0 heterocycles. The van der Waals surface area contributed by atoms with Crippen molar-refractivity contribution in [1.82, 2.24) is 10.6 Å². The van der Waals surface area contributed by atoms with E-state index in [1.54, 1.807) is 7.11 Å². The Hall–Kier alpha value is -0.810. The van der Waals surface area contributed by atoms with Crippen LogP contribution in [0.5, 0.6) is 0 Å². The van der Waals surface area contributed by atoms with Gasteiger partial charge in [-0.25, -0.2) is 0 Å². The Morgan fingerprint density at radius 1 is 1.08 bits per heavy atom. The van der Waals surface area contributed by atoms with Crippen LogP contribution in [0, 0.1) is 11.3 Å². The van der Waals surface area contributed by atoms with Gasteiger partial charge < -0.3 is 20.1 Å². The average Bonchev–Trinajstić information content (AvgIpc) is 3.00. The number of rotatable bonds is 12. The van der Waals surface area contributed by atoms with Crippen LogP contribution in [0.25, 0.3) is 0 Å². The van der Waals surface area contributed by atoms with Crippen molar-refractivity contribution >= 4 is 5.96 Å². The predicted molar refractivity (Wildman–Crippen MR) is 102 cm³/mol. The maximum absolute atomic E-state index is 5.47. The van der Waals surface area contributed by atoms with Crippen molar-refractivity contribution in [2.24, 2.45) is 16.3 Å². The molecule has 5 nitrogen and oxygen atoms in total. The molecule has 1 rings (SSSR count). The first-order chi connectivity index (χ1) is 11.6. The van der Waals surface area contributed by atoms with Crippen LogP contribution >= 0.6 is 0 Å². The number of unbranched alkanes of at least 4 members (excludes halogenated alkanes) is 1. The van der Waals surface area contributed by atoms with Gasteiger partial charge in [-0.05, 0) is 43.4 Å². The zero-order chi connectivity index (χ0) is 17.7. The SMILES string of the molecule is CN=C(NCCCCOCCOC)NCC1(CC(C)C)CCCC1. The maximum atomic E-state index is 5.47. The fraction of sp³-hybridized carbons (Fsp3) is 0.947. The lowest BCUT2D eigenvalue weighted by atomic mass is 9.78. The van der Waals surface area contributed by atoms with Gasteiger partial charge in [0.25, 0.3) is 0 Å². The first-order valence-corrected chi connectivity index (χ1v) is 9.63. The van der Waals surface area contributed by atoms with Crippen molar-refractivity contribution in [2.45, 2.75) is 58.8 Å². The lowest BCUT2D eigenvalue weighted by Crippen LogP contribution is -2.43. The van der Waals surface area contributed by atoms with Crippen molar-refractivity contribution < 1.29 is 9.47 Å². The van der Waals surface area contributed by atoms with Crippen molar-refractivity contribution in [2.75, 3.05) is 47.1 Å². The molecule has 1 saturated carbocycles. The first-order valence-electron chi connectivity index (χ1n) is 9.63. The van der Waals surface area contributed by atoms with Gasteiger partial charge in [0.05, 0.1) is 13.2 Å². The van der Waals surface area contributed by atoms with Crippen LogP contribution in [0.1, 0.15) is 58.8 Å². The van der Waals surface area contributed by atoms with Crippen molar-refractivity contribution in [3.05, 3.63) is 0 Å². The number of nitrogens with zero attached hydrogens (tertiary/aromatic N) is 1. The molecule has 1 fully saturated rings. The fourth-order valence-electron chi connectivity index (χ4n) is 3.72. The van der Waals surface area contributed by atoms with Gasteiger partial charge in [-0.15, -0.1) is 0 Å². The van der Waals surface area contributed by atoms with Crippen LogP contribution in [-0.2, 0) is 9.47 Å². The molecule has 0 aromatic heterocycles. The van der Waals surface area contributed by atoms with Gasteiger partial charge in [-0.3, -0.25) is 4.99 Å². The van der Waals surface area contributed by atoms with Crippen LogP contribution in [0.3, 0.4) is 0 Å². The number of nitrogens with one attached hydrogen (secondary N) is 2. The second-order valence-electron chi connectivity index (χ2n) is 7.47. The second kappa shape index (κ2) is 12.5. The highest BCUT2D eigenvalue weighted by atomic mass is 16.5. The molecule has 0 spiro atoms. The second-order valence-corrected chi connectivity index (χ2v) is 7.47. The summed E-state index contributed by atoms with van der Waals surface area (Å²) in [5.41, 5.74) is 0.473. The Labute approximate surface area is 149 Å². The molecule has 0 saturated heterocycles. The summed E-state index contributed by atoms with van der Waals surface area (Å²) >= 11 is 0. The maximum Gasteiger partial charge on any atom is 0.190 e. The molecule has 1 aliphatic carbocycles. The number of ether oxygens (including phenoxy) is 2. The topological polar surface area (TPSA) is 54.9 Å². The largest absolute Gasteiger partial charge is 0.382 e. The van der Waals surface area contributed by atoms with Gasteiger partial charge in [-0.2, -0.15) is 0 Å². The smallest absolute Gasteiger partial charge is 0.190 e. The molecule has 0 aliphatic heterocycles. The molecule has 0 unspecified atom stereocenters. The van der Waals surface area contributed by atoms with Crippen molar-refractivity contribution in [1.29, 1.82) is 0 Å². The summed E-state index contributed by atoms with van der Waals surface area (Å²) in [5.74, 6) is 1.70. The minimum absolute atomic E-state index is 0.473. The molecule has 0 radical (unpaired) electrons. The standard InChI is InChI=1S/C19H39N3O2/c1-17(2)15-19(9-5-6-10-19)16-22-18(20-3)21-11-7-8-12-24-14-13-23-4/h17H,5-16H2,1-4H3,(H2,20,21,22). The third-order valence-corrected chi connectivity index (χ3v) is 4.80. The molecule has 0 aromatic rings. The van der Waals surface area contributed by atoms with Crippen LogP contribution < -0.4 is 10.6 Å². The number of guanidine groups is 1. The van der Waals surface area contributed by atoms with Gasteiger partial charge in [0.15, 0.2) is 5.96 Å². The van der Waals surface area contributed by atoms with Gasteiger partial charge in [0.1, 0.15) is 0 Å². The third kappa shape index (κ3) is 8.88. The monoisotopic (exact) mass is 341 g/mol. The van der Waals surface area contributed by atoms with E-state index in [0.29, 0.717) is 18.6 Å². The molecule has 0 amide bonds. The van der Waals surface area contributed by atoms with Gasteiger partial charge >= 0.3 is 0 Å². The lowest BCUT2D eigenvalue weighted by Gasteiger charge is -2.32. The number of hydrogen-bond acceptors (Lipinski definition) is 3. The molecule has 24 heavy (non-hydrogen) atoms. The molecule has 142 valence electrons. The summed E-state index contributed by atoms with van der Waals surface area (Å²) in [6, 6.07) is 0. The summed E-state index contributed by atoms with van der Waals surface area (Å²) in [5, 5.41) is 6.99. The Morgan fingerprint density at radius 2 is 1.83 bits per heavy atom. The van der Waals surface area contributed by atoms with Crippen LogP contribution in [0.2, 0.25) is 0 Å². The highest BCUT2D eigenvalue weighted by Gasteiger charge is 2.34. The zero-order valence-corrected chi connectivity index (χ0v) is 16.3. The minimum Gasteiger partial charge on any atom is -0.382 e. The Bertz CT molecular complexity index is 340. The number of hydrogen-bond donors (Lipinski definition) is 2. The van der Waals surface area contributed by atoms with Crippen LogP contribution in [-0.4, -0.2) is 53.0 Å². The van der Waals surface area contributed by atoms with E-state index in [4.69, 9.17) is 9.47 Å². The molecule has 5 heteroatoms. The van der Waals surface area contributed by atoms with E-state index in [0.717, 1.165) is 44.4 Å². The zero-order valence-electron chi connectivity index (χ0n) is 16.3. The molecule has 0 atom stereocenters.